The molecular formula is C30H44N2O2. The molecule has 3 rings (SSSR count). The van der Waals surface area contributed by atoms with Gasteiger partial charge in [-0.2, -0.15) is 0 Å². The number of benzene rings is 1. The summed E-state index contributed by atoms with van der Waals surface area (Å²) in [6.07, 6.45) is 18.0. The average Bonchev–Trinajstić information content (AvgIpc) is 2.87. The van der Waals surface area contributed by atoms with Crippen LogP contribution in [0.25, 0.3) is 21.8 Å². The molecule has 186 valence electrons. The molecule has 0 amide bonds. The average molecular weight is 465 g/mol. The first kappa shape index (κ1) is 26.2. The molecule has 0 unspecified atom stereocenters. The third-order valence-corrected chi connectivity index (χ3v) is 6.48. The molecule has 0 fully saturated rings. The Labute approximate surface area is 206 Å². The summed E-state index contributed by atoms with van der Waals surface area (Å²) in [5.41, 5.74) is 1.89. The van der Waals surface area contributed by atoms with Crippen molar-refractivity contribution >= 4 is 21.8 Å². The fourth-order valence-corrected chi connectivity index (χ4v) is 4.41. The number of fused-ring (bicyclic) bond motifs is 3. The highest BCUT2D eigenvalue weighted by atomic mass is 16.5. The third kappa shape index (κ3) is 8.77. The Hall–Kier alpha value is -2.36. The minimum atomic E-state index is 0.709. The van der Waals surface area contributed by atoms with Crippen LogP contribution < -0.4 is 9.47 Å². The molecule has 0 saturated heterocycles. The van der Waals surface area contributed by atoms with Gasteiger partial charge in [0.2, 0.25) is 11.8 Å². The molecule has 2 aromatic heterocycles. The standard InChI is InChI=1S/C30H44N2O2/c1-3-5-7-9-11-13-15-23-33-29-21-17-25-26-18-22-30(32-28(26)20-19-27(25)31-29)34-24-16-14-12-10-8-6-4-2/h17-22H,3-16,23-24H2,1-2H3. The molecule has 4 heteroatoms. The van der Waals surface area contributed by atoms with E-state index in [0.717, 1.165) is 47.9 Å². The Morgan fingerprint density at radius 1 is 0.471 bits per heavy atom. The lowest BCUT2D eigenvalue weighted by molar-refractivity contribution is 0.294. The van der Waals surface area contributed by atoms with Gasteiger partial charge in [0, 0.05) is 22.9 Å². The van der Waals surface area contributed by atoms with Crippen molar-refractivity contribution < 1.29 is 9.47 Å². The summed E-state index contributed by atoms with van der Waals surface area (Å²) in [4.78, 5) is 9.44. The van der Waals surface area contributed by atoms with Gasteiger partial charge in [-0.3, -0.25) is 0 Å². The van der Waals surface area contributed by atoms with E-state index in [-0.39, 0.29) is 0 Å². The lowest BCUT2D eigenvalue weighted by Gasteiger charge is -2.09. The van der Waals surface area contributed by atoms with Crippen molar-refractivity contribution in [3.05, 3.63) is 36.4 Å². The maximum Gasteiger partial charge on any atom is 0.213 e. The first-order chi connectivity index (χ1) is 16.8. The molecule has 0 radical (unpaired) electrons. The number of unbranched alkanes of at least 4 members (excludes halogenated alkanes) is 12. The molecule has 0 saturated carbocycles. The number of nitrogens with zero attached hydrogens (tertiary/aromatic N) is 2. The summed E-state index contributed by atoms with van der Waals surface area (Å²) in [5.74, 6) is 1.42. The van der Waals surface area contributed by atoms with Crippen molar-refractivity contribution in [1.29, 1.82) is 0 Å². The number of ether oxygens (including phenoxy) is 2. The van der Waals surface area contributed by atoms with E-state index in [1.807, 2.05) is 24.3 Å². The van der Waals surface area contributed by atoms with Crippen molar-refractivity contribution in [3.8, 4) is 11.8 Å². The lowest BCUT2D eigenvalue weighted by atomic mass is 10.1. The zero-order chi connectivity index (χ0) is 23.8. The van der Waals surface area contributed by atoms with Gasteiger partial charge in [0.1, 0.15) is 0 Å². The lowest BCUT2D eigenvalue weighted by Crippen LogP contribution is -2.00. The van der Waals surface area contributed by atoms with Crippen LogP contribution in [0.2, 0.25) is 0 Å². The zero-order valence-electron chi connectivity index (χ0n) is 21.5. The normalized spacial score (nSPS) is 11.4. The van der Waals surface area contributed by atoms with E-state index in [1.54, 1.807) is 0 Å². The van der Waals surface area contributed by atoms with E-state index in [2.05, 4.69) is 26.0 Å². The van der Waals surface area contributed by atoms with E-state index in [1.165, 1.54) is 77.0 Å². The van der Waals surface area contributed by atoms with Gasteiger partial charge in [-0.05, 0) is 37.1 Å². The Morgan fingerprint density at radius 2 is 0.853 bits per heavy atom. The van der Waals surface area contributed by atoms with Gasteiger partial charge in [0.25, 0.3) is 0 Å². The summed E-state index contributed by atoms with van der Waals surface area (Å²) in [5, 5.41) is 2.21. The predicted octanol–water partition coefficient (Wildman–Crippen LogP) is 9.04. The highest BCUT2D eigenvalue weighted by molar-refractivity contribution is 6.04. The maximum atomic E-state index is 5.92. The van der Waals surface area contributed by atoms with E-state index in [9.17, 15) is 0 Å². The Bertz CT molecular complexity index is 894. The van der Waals surface area contributed by atoms with Crippen LogP contribution in [-0.4, -0.2) is 23.2 Å². The fraction of sp³-hybridized carbons (Fsp3) is 0.600. The number of hydrogen-bond donors (Lipinski definition) is 0. The largest absolute Gasteiger partial charge is 0.478 e. The van der Waals surface area contributed by atoms with Crippen LogP contribution in [0.4, 0.5) is 0 Å². The second-order valence-corrected chi connectivity index (χ2v) is 9.44. The van der Waals surface area contributed by atoms with Gasteiger partial charge in [0.05, 0.1) is 24.2 Å². The van der Waals surface area contributed by atoms with E-state index in [4.69, 9.17) is 19.4 Å². The van der Waals surface area contributed by atoms with Crippen molar-refractivity contribution in [3.63, 3.8) is 0 Å². The molecule has 0 atom stereocenters. The SMILES string of the molecule is CCCCCCCCCOc1ccc2c(ccc3nc(OCCCCCCCCC)ccc32)n1. The van der Waals surface area contributed by atoms with Gasteiger partial charge in [-0.1, -0.05) is 90.9 Å². The topological polar surface area (TPSA) is 44.2 Å². The molecule has 0 spiro atoms. The molecule has 0 aliphatic heterocycles. The minimum Gasteiger partial charge on any atom is -0.478 e. The second kappa shape index (κ2) is 15.5. The van der Waals surface area contributed by atoms with Crippen LogP contribution in [0.3, 0.4) is 0 Å². The van der Waals surface area contributed by atoms with Crippen LogP contribution >= 0.6 is 0 Å². The summed E-state index contributed by atoms with van der Waals surface area (Å²) in [6, 6.07) is 12.2. The summed E-state index contributed by atoms with van der Waals surface area (Å²) < 4.78 is 11.8. The Balaban J connectivity index is 1.45. The van der Waals surface area contributed by atoms with Crippen LogP contribution in [0.5, 0.6) is 11.8 Å². The Kier molecular flexibility index (Phi) is 12.0. The molecule has 0 bridgehead atoms. The van der Waals surface area contributed by atoms with Gasteiger partial charge < -0.3 is 9.47 Å². The van der Waals surface area contributed by atoms with Gasteiger partial charge in [-0.15, -0.1) is 0 Å². The predicted molar refractivity (Wildman–Crippen MR) is 144 cm³/mol. The molecular weight excluding hydrogens is 420 g/mol. The van der Waals surface area contributed by atoms with Crippen LogP contribution in [-0.2, 0) is 0 Å². The molecule has 34 heavy (non-hydrogen) atoms. The highest BCUT2D eigenvalue weighted by Crippen LogP contribution is 2.27. The Morgan fingerprint density at radius 3 is 1.26 bits per heavy atom. The molecule has 1 aromatic carbocycles. The van der Waals surface area contributed by atoms with Crippen molar-refractivity contribution in [2.75, 3.05) is 13.2 Å². The minimum absolute atomic E-state index is 0.709. The van der Waals surface area contributed by atoms with Crippen LogP contribution in [0.1, 0.15) is 104 Å². The van der Waals surface area contributed by atoms with Crippen molar-refractivity contribution in [2.24, 2.45) is 0 Å². The fourth-order valence-electron chi connectivity index (χ4n) is 4.41. The van der Waals surface area contributed by atoms with Gasteiger partial charge in [-0.25, -0.2) is 9.97 Å². The third-order valence-electron chi connectivity index (χ3n) is 6.48. The molecule has 0 aliphatic carbocycles. The maximum absolute atomic E-state index is 5.92. The smallest absolute Gasteiger partial charge is 0.213 e. The second-order valence-electron chi connectivity index (χ2n) is 9.44. The number of rotatable bonds is 18. The van der Waals surface area contributed by atoms with Crippen LogP contribution in [0, 0.1) is 0 Å². The highest BCUT2D eigenvalue weighted by Gasteiger charge is 2.07. The molecule has 3 aromatic rings. The molecule has 4 nitrogen and oxygen atoms in total. The van der Waals surface area contributed by atoms with Crippen molar-refractivity contribution in [2.45, 2.75) is 104 Å². The number of hydrogen-bond acceptors (Lipinski definition) is 4. The van der Waals surface area contributed by atoms with E-state index < -0.39 is 0 Å². The van der Waals surface area contributed by atoms with E-state index in [0.29, 0.717) is 11.8 Å². The van der Waals surface area contributed by atoms with Crippen LogP contribution in [0.15, 0.2) is 36.4 Å². The molecule has 2 heterocycles. The molecule has 0 aliphatic rings. The molecule has 0 N–H and O–H groups in total. The summed E-state index contributed by atoms with van der Waals surface area (Å²) in [6.45, 7) is 5.99. The monoisotopic (exact) mass is 464 g/mol. The first-order valence-electron chi connectivity index (χ1n) is 13.8. The zero-order valence-corrected chi connectivity index (χ0v) is 21.5. The van der Waals surface area contributed by atoms with E-state index >= 15 is 0 Å². The number of aromatic nitrogens is 2. The van der Waals surface area contributed by atoms with Gasteiger partial charge >= 0.3 is 0 Å². The number of pyridine rings is 2. The van der Waals surface area contributed by atoms with Gasteiger partial charge in [0.15, 0.2) is 0 Å². The summed E-state index contributed by atoms with van der Waals surface area (Å²) >= 11 is 0. The van der Waals surface area contributed by atoms with Crippen molar-refractivity contribution in [1.82, 2.24) is 9.97 Å². The summed E-state index contributed by atoms with van der Waals surface area (Å²) in [7, 11) is 0. The quantitative estimate of drug-likeness (QED) is 0.139. The first-order valence-corrected chi connectivity index (χ1v) is 13.8.